The summed E-state index contributed by atoms with van der Waals surface area (Å²) in [5, 5.41) is 0. The molecule has 0 bridgehead atoms. The second-order valence-corrected chi connectivity index (χ2v) is 6.89. The highest BCUT2D eigenvalue weighted by Crippen LogP contribution is 2.22. The second kappa shape index (κ2) is 7.45. The maximum absolute atomic E-state index is 12.3. The third-order valence-corrected chi connectivity index (χ3v) is 5.07. The first-order valence-electron chi connectivity index (χ1n) is 8.12. The number of carbonyl (C=O) groups excluding carboxylic acids is 1. The van der Waals surface area contributed by atoms with E-state index in [2.05, 4.69) is 37.6 Å². The predicted octanol–water partition coefficient (Wildman–Crippen LogP) is 4.65. The molecule has 126 valence electrons. The van der Waals surface area contributed by atoms with Crippen LogP contribution in [0.25, 0.3) is 16.3 Å². The fourth-order valence-corrected chi connectivity index (χ4v) is 3.70. The summed E-state index contributed by atoms with van der Waals surface area (Å²) in [6.45, 7) is 8.63. The summed E-state index contributed by atoms with van der Waals surface area (Å²) >= 11 is 1.53. The van der Waals surface area contributed by atoms with Gasteiger partial charge in [-0.1, -0.05) is 47.7 Å². The Balaban J connectivity index is 2.03. The standard InChI is InChI=1S/C21H20N2OS/c1-4-12-23-18-13-15(2)16(3)14-19(18)25-21(23)22-20(24)11-10-17-8-6-5-7-9-17/h4-11,13-14H,1,12H2,2-3H3/b11-10+,22-21?. The van der Waals surface area contributed by atoms with Gasteiger partial charge < -0.3 is 4.57 Å². The van der Waals surface area contributed by atoms with Crippen LogP contribution in [0.3, 0.4) is 0 Å². The molecule has 0 aliphatic rings. The average Bonchev–Trinajstić information content (AvgIpc) is 2.91. The predicted molar refractivity (Wildman–Crippen MR) is 106 cm³/mol. The van der Waals surface area contributed by atoms with E-state index in [1.807, 2.05) is 41.0 Å². The van der Waals surface area contributed by atoms with Gasteiger partial charge in [0.05, 0.1) is 10.2 Å². The van der Waals surface area contributed by atoms with Gasteiger partial charge in [0.15, 0.2) is 4.80 Å². The summed E-state index contributed by atoms with van der Waals surface area (Å²) < 4.78 is 3.16. The quantitative estimate of drug-likeness (QED) is 0.499. The summed E-state index contributed by atoms with van der Waals surface area (Å²) in [4.78, 5) is 17.3. The minimum atomic E-state index is -0.262. The van der Waals surface area contributed by atoms with Crippen molar-refractivity contribution >= 4 is 33.5 Å². The minimum Gasteiger partial charge on any atom is -0.312 e. The number of aromatic nitrogens is 1. The lowest BCUT2D eigenvalue weighted by atomic mass is 10.1. The Morgan fingerprint density at radius 2 is 1.92 bits per heavy atom. The van der Waals surface area contributed by atoms with Crippen molar-refractivity contribution < 1.29 is 4.79 Å². The Labute approximate surface area is 151 Å². The van der Waals surface area contributed by atoms with Crippen LogP contribution in [0, 0.1) is 13.8 Å². The largest absolute Gasteiger partial charge is 0.312 e. The smallest absolute Gasteiger partial charge is 0.272 e. The Morgan fingerprint density at radius 1 is 1.20 bits per heavy atom. The number of allylic oxidation sites excluding steroid dienone is 1. The Hall–Kier alpha value is -2.72. The molecule has 0 saturated carbocycles. The number of aryl methyl sites for hydroxylation is 2. The lowest BCUT2D eigenvalue weighted by Gasteiger charge is -2.03. The van der Waals surface area contributed by atoms with Gasteiger partial charge >= 0.3 is 0 Å². The Kier molecular flexibility index (Phi) is 5.10. The number of carbonyl (C=O) groups is 1. The number of amides is 1. The van der Waals surface area contributed by atoms with Crippen molar-refractivity contribution in [3.63, 3.8) is 0 Å². The molecule has 0 fully saturated rings. The van der Waals surface area contributed by atoms with E-state index in [4.69, 9.17) is 0 Å². The first kappa shape index (κ1) is 17.1. The van der Waals surface area contributed by atoms with Gasteiger partial charge in [0, 0.05) is 12.6 Å². The zero-order chi connectivity index (χ0) is 17.8. The van der Waals surface area contributed by atoms with Crippen LogP contribution in [0.2, 0.25) is 0 Å². The van der Waals surface area contributed by atoms with E-state index in [0.717, 1.165) is 15.8 Å². The SMILES string of the molecule is C=CCn1c(=NC(=O)/C=C/c2ccccc2)sc2cc(C)c(C)cc21. The lowest BCUT2D eigenvalue weighted by Crippen LogP contribution is -2.15. The highest BCUT2D eigenvalue weighted by atomic mass is 32.1. The highest BCUT2D eigenvalue weighted by Gasteiger charge is 2.08. The van der Waals surface area contributed by atoms with Gasteiger partial charge in [-0.2, -0.15) is 4.99 Å². The molecule has 0 saturated heterocycles. The molecule has 1 heterocycles. The van der Waals surface area contributed by atoms with E-state index in [0.29, 0.717) is 11.3 Å². The van der Waals surface area contributed by atoms with Crippen LogP contribution >= 0.6 is 11.3 Å². The van der Waals surface area contributed by atoms with Crippen LogP contribution < -0.4 is 4.80 Å². The molecule has 4 heteroatoms. The van der Waals surface area contributed by atoms with Crippen LogP contribution in [0.4, 0.5) is 0 Å². The maximum Gasteiger partial charge on any atom is 0.272 e. The van der Waals surface area contributed by atoms with Crippen LogP contribution in [-0.2, 0) is 11.3 Å². The molecule has 0 radical (unpaired) electrons. The van der Waals surface area contributed by atoms with Gasteiger partial charge in [0.2, 0.25) is 0 Å². The summed E-state index contributed by atoms with van der Waals surface area (Å²) in [6, 6.07) is 14.0. The van der Waals surface area contributed by atoms with Gasteiger partial charge in [-0.3, -0.25) is 4.79 Å². The Morgan fingerprint density at radius 3 is 2.64 bits per heavy atom. The van der Waals surface area contributed by atoms with Gasteiger partial charge in [0.25, 0.3) is 5.91 Å². The molecule has 0 atom stereocenters. The van der Waals surface area contributed by atoms with E-state index in [9.17, 15) is 4.79 Å². The average molecular weight is 348 g/mol. The van der Waals surface area contributed by atoms with Crippen molar-refractivity contribution in [2.45, 2.75) is 20.4 Å². The van der Waals surface area contributed by atoms with Gasteiger partial charge in [0.1, 0.15) is 0 Å². The van der Waals surface area contributed by atoms with Crippen LogP contribution in [0.1, 0.15) is 16.7 Å². The van der Waals surface area contributed by atoms with Crippen molar-refractivity contribution in [2.24, 2.45) is 4.99 Å². The molecule has 0 unspecified atom stereocenters. The van der Waals surface area contributed by atoms with Crippen LogP contribution in [0.15, 0.2) is 66.2 Å². The number of rotatable bonds is 4. The molecule has 1 aromatic heterocycles. The lowest BCUT2D eigenvalue weighted by molar-refractivity contribution is -0.113. The monoisotopic (exact) mass is 348 g/mol. The highest BCUT2D eigenvalue weighted by molar-refractivity contribution is 7.16. The molecule has 3 rings (SSSR count). The molecule has 1 amide bonds. The molecular formula is C21H20N2OS. The molecule has 0 N–H and O–H groups in total. The minimum absolute atomic E-state index is 0.262. The number of thiazole rings is 1. The summed E-state index contributed by atoms with van der Waals surface area (Å²) in [7, 11) is 0. The fourth-order valence-electron chi connectivity index (χ4n) is 2.58. The molecule has 3 aromatic rings. The van der Waals surface area contributed by atoms with Crippen molar-refractivity contribution in [1.29, 1.82) is 0 Å². The van der Waals surface area contributed by atoms with Crippen LogP contribution in [-0.4, -0.2) is 10.5 Å². The molecular weight excluding hydrogens is 328 g/mol. The first-order chi connectivity index (χ1) is 12.1. The summed E-state index contributed by atoms with van der Waals surface area (Å²) in [5.41, 5.74) is 4.53. The summed E-state index contributed by atoms with van der Waals surface area (Å²) in [5.74, 6) is -0.262. The Bertz CT molecular complexity index is 1020. The first-order valence-corrected chi connectivity index (χ1v) is 8.93. The normalized spacial score (nSPS) is 12.2. The zero-order valence-corrected chi connectivity index (χ0v) is 15.2. The zero-order valence-electron chi connectivity index (χ0n) is 14.4. The summed E-state index contributed by atoms with van der Waals surface area (Å²) in [6.07, 6.45) is 5.12. The van der Waals surface area contributed by atoms with Crippen LogP contribution in [0.5, 0.6) is 0 Å². The number of hydrogen-bond donors (Lipinski definition) is 0. The molecule has 0 aliphatic carbocycles. The fraction of sp³-hybridized carbons (Fsp3) is 0.143. The van der Waals surface area contributed by atoms with E-state index in [-0.39, 0.29) is 5.91 Å². The van der Waals surface area contributed by atoms with Crippen molar-refractivity contribution in [3.05, 3.63) is 82.7 Å². The number of benzene rings is 2. The molecule has 2 aromatic carbocycles. The van der Waals surface area contributed by atoms with Gasteiger partial charge in [-0.25, -0.2) is 0 Å². The van der Waals surface area contributed by atoms with E-state index >= 15 is 0 Å². The topological polar surface area (TPSA) is 34.4 Å². The second-order valence-electron chi connectivity index (χ2n) is 5.88. The third-order valence-electron chi connectivity index (χ3n) is 4.03. The number of nitrogens with zero attached hydrogens (tertiary/aromatic N) is 2. The van der Waals surface area contributed by atoms with E-state index in [1.165, 1.54) is 28.5 Å². The van der Waals surface area contributed by atoms with Gasteiger partial charge in [-0.05, 0) is 48.7 Å². The van der Waals surface area contributed by atoms with E-state index in [1.54, 1.807) is 6.08 Å². The third kappa shape index (κ3) is 3.86. The maximum atomic E-state index is 12.3. The van der Waals surface area contributed by atoms with Crippen molar-refractivity contribution in [2.75, 3.05) is 0 Å². The molecule has 0 spiro atoms. The molecule has 25 heavy (non-hydrogen) atoms. The number of hydrogen-bond acceptors (Lipinski definition) is 2. The van der Waals surface area contributed by atoms with Gasteiger partial charge in [-0.15, -0.1) is 6.58 Å². The molecule has 0 aliphatic heterocycles. The van der Waals surface area contributed by atoms with Crippen molar-refractivity contribution in [1.82, 2.24) is 4.57 Å². The number of fused-ring (bicyclic) bond motifs is 1. The van der Waals surface area contributed by atoms with E-state index < -0.39 is 0 Å². The molecule has 3 nitrogen and oxygen atoms in total. The van der Waals surface area contributed by atoms with Crippen molar-refractivity contribution in [3.8, 4) is 0 Å².